The first-order valence-electron chi connectivity index (χ1n) is 16.7. The van der Waals surface area contributed by atoms with Gasteiger partial charge in [0.05, 0.1) is 27.2 Å². The number of fused-ring (bicyclic) bond motifs is 1. The van der Waals surface area contributed by atoms with E-state index in [0.717, 1.165) is 6.33 Å². The molecule has 2 aromatic heterocycles. The largest absolute Gasteiger partial charge is 0.523 e. The number of rotatable bonds is 12. The Labute approximate surface area is 307 Å². The molecular weight excluding hydrogens is 707 g/mol. The molecule has 278 valence electrons. The van der Waals surface area contributed by atoms with Crippen molar-refractivity contribution in [3.8, 4) is 11.5 Å². The number of amides is 1. The summed E-state index contributed by atoms with van der Waals surface area (Å²) in [6.07, 6.45) is -9.57. The Morgan fingerprint density at radius 3 is 1.96 bits per heavy atom. The van der Waals surface area contributed by atoms with Crippen LogP contribution >= 0.6 is 0 Å². The van der Waals surface area contributed by atoms with Gasteiger partial charge >= 0.3 is 6.36 Å². The fourth-order valence-corrected chi connectivity index (χ4v) is 6.54. The number of nitrogens with zero attached hydrogens (tertiary/aromatic N) is 4. The van der Waals surface area contributed by atoms with Crippen molar-refractivity contribution in [3.63, 3.8) is 0 Å². The summed E-state index contributed by atoms with van der Waals surface area (Å²) >= 11 is 0. The number of aliphatic hydroxyl groups is 1. The molecule has 54 heavy (non-hydrogen) atoms. The van der Waals surface area contributed by atoms with Gasteiger partial charge in [-0.05, 0) is 53.1 Å². The van der Waals surface area contributed by atoms with Crippen molar-refractivity contribution in [3.05, 3.63) is 144 Å². The molecule has 1 aliphatic rings. The monoisotopic (exact) mass is 741 g/mol. The standard InChI is InChI=1S/C39H34F3N5O7/c1-50-28-17-13-26(14-18-28)38(25-11-7-4-8-12-25,27-15-19-29(51-2)20-16-27)52-21-30-32(48)33(54-39(40,41)42)37(53-30)47-23-45-31-34(43-22-44-35(31)47)46-36(49)24-9-5-3-6-10-24/h3-20,22-23,30,32-33,37,48H,21H2,1-2H3,(H,43,44,46,49)/t30-,32+,33?,37-/m1/s1. The maximum atomic E-state index is 13.9. The van der Waals surface area contributed by atoms with Crippen molar-refractivity contribution < 1.29 is 46.8 Å². The Morgan fingerprint density at radius 2 is 1.39 bits per heavy atom. The SMILES string of the molecule is COc1ccc(C(OC[C@H]2O[C@@H](n3cnc4c(NC(=O)c5ccccc5)ncnc43)C(OC(F)(F)F)[C@H]2O)(c2ccccc2)c2ccc(OC)cc2)cc1. The van der Waals surface area contributed by atoms with E-state index in [9.17, 15) is 23.1 Å². The number of hydrogen-bond acceptors (Lipinski definition) is 10. The van der Waals surface area contributed by atoms with Crippen LogP contribution in [0.4, 0.5) is 19.0 Å². The van der Waals surface area contributed by atoms with Gasteiger partial charge in [0.2, 0.25) is 0 Å². The third-order valence-electron chi connectivity index (χ3n) is 9.12. The van der Waals surface area contributed by atoms with Gasteiger partial charge in [0.15, 0.2) is 23.2 Å². The third-order valence-corrected chi connectivity index (χ3v) is 9.12. The van der Waals surface area contributed by atoms with Crippen LogP contribution in [0.25, 0.3) is 11.2 Å². The lowest BCUT2D eigenvalue weighted by molar-refractivity contribution is -0.355. The second-order valence-corrected chi connectivity index (χ2v) is 12.3. The molecule has 6 aromatic rings. The van der Waals surface area contributed by atoms with E-state index in [1.165, 1.54) is 10.9 Å². The third kappa shape index (κ3) is 7.21. The minimum atomic E-state index is -5.15. The summed E-state index contributed by atoms with van der Waals surface area (Å²) in [4.78, 5) is 25.6. The van der Waals surface area contributed by atoms with Gasteiger partial charge in [0.25, 0.3) is 5.91 Å². The first-order chi connectivity index (χ1) is 26.1. The summed E-state index contributed by atoms with van der Waals surface area (Å²) in [5.41, 5.74) is 1.11. The quantitative estimate of drug-likeness (QED) is 0.138. The van der Waals surface area contributed by atoms with Gasteiger partial charge in [0, 0.05) is 5.56 Å². The van der Waals surface area contributed by atoms with Crippen molar-refractivity contribution in [1.82, 2.24) is 19.5 Å². The van der Waals surface area contributed by atoms with Crippen molar-refractivity contribution >= 4 is 22.9 Å². The van der Waals surface area contributed by atoms with Crippen LogP contribution in [-0.2, 0) is 19.8 Å². The van der Waals surface area contributed by atoms with Crippen LogP contribution in [0.2, 0.25) is 0 Å². The molecule has 4 atom stereocenters. The van der Waals surface area contributed by atoms with Crippen LogP contribution in [0.15, 0.2) is 122 Å². The molecule has 0 radical (unpaired) electrons. The van der Waals surface area contributed by atoms with Crippen molar-refractivity contribution in [2.24, 2.45) is 0 Å². The van der Waals surface area contributed by atoms with Crippen LogP contribution in [0.5, 0.6) is 11.5 Å². The van der Waals surface area contributed by atoms with Crippen LogP contribution in [-0.4, -0.2) is 76.0 Å². The number of aromatic nitrogens is 4. The average Bonchev–Trinajstić information content (AvgIpc) is 3.76. The minimum Gasteiger partial charge on any atom is -0.497 e. The zero-order valence-corrected chi connectivity index (χ0v) is 28.9. The van der Waals surface area contributed by atoms with Gasteiger partial charge in [-0.15, -0.1) is 13.2 Å². The number of ether oxygens (including phenoxy) is 5. The molecule has 7 rings (SSSR count). The van der Waals surface area contributed by atoms with E-state index in [1.54, 1.807) is 68.8 Å². The van der Waals surface area contributed by atoms with Crippen molar-refractivity contribution in [2.45, 2.75) is 36.5 Å². The van der Waals surface area contributed by atoms with Gasteiger partial charge in [-0.2, -0.15) is 0 Å². The number of anilines is 1. The van der Waals surface area contributed by atoms with Crippen LogP contribution in [0, 0.1) is 0 Å². The van der Waals surface area contributed by atoms with Crippen LogP contribution in [0.1, 0.15) is 33.3 Å². The van der Waals surface area contributed by atoms with Gasteiger partial charge in [0.1, 0.15) is 41.7 Å². The molecule has 2 N–H and O–H groups in total. The van der Waals surface area contributed by atoms with E-state index in [1.807, 2.05) is 54.6 Å². The molecule has 1 saturated heterocycles. The highest BCUT2D eigenvalue weighted by Crippen LogP contribution is 2.44. The van der Waals surface area contributed by atoms with Crippen LogP contribution < -0.4 is 14.8 Å². The number of carbonyl (C=O) groups excluding carboxylic acids is 1. The molecule has 1 amide bonds. The molecule has 12 nitrogen and oxygen atoms in total. The number of halogens is 3. The number of nitrogens with one attached hydrogen (secondary N) is 1. The molecular formula is C39H34F3N5O7. The van der Waals surface area contributed by atoms with E-state index in [4.69, 9.17) is 18.9 Å². The number of alkyl halides is 3. The van der Waals surface area contributed by atoms with E-state index in [2.05, 4.69) is 25.0 Å². The summed E-state index contributed by atoms with van der Waals surface area (Å²) in [5.74, 6) is 0.730. The summed E-state index contributed by atoms with van der Waals surface area (Å²) in [6.45, 7) is -0.400. The first kappa shape index (κ1) is 36.5. The molecule has 1 fully saturated rings. The molecule has 0 bridgehead atoms. The summed E-state index contributed by atoms with van der Waals surface area (Å²) in [6, 6.07) is 32.0. The molecule has 0 spiro atoms. The summed E-state index contributed by atoms with van der Waals surface area (Å²) < 4.78 is 71.3. The van der Waals surface area contributed by atoms with Gasteiger partial charge in [-0.1, -0.05) is 72.8 Å². The predicted molar refractivity (Wildman–Crippen MR) is 189 cm³/mol. The van der Waals surface area contributed by atoms with Crippen molar-refractivity contribution in [2.75, 3.05) is 26.1 Å². The smallest absolute Gasteiger partial charge is 0.497 e. The Balaban J connectivity index is 1.25. The minimum absolute atomic E-state index is 0.0194. The highest BCUT2D eigenvalue weighted by atomic mass is 19.4. The van der Waals surface area contributed by atoms with Gasteiger partial charge < -0.3 is 29.4 Å². The first-order valence-corrected chi connectivity index (χ1v) is 16.7. The fourth-order valence-electron chi connectivity index (χ4n) is 6.54. The van der Waals surface area contributed by atoms with E-state index in [0.29, 0.717) is 33.8 Å². The number of carbonyl (C=O) groups is 1. The van der Waals surface area contributed by atoms with Gasteiger partial charge in [-0.25, -0.2) is 15.0 Å². The highest BCUT2D eigenvalue weighted by molar-refractivity contribution is 6.06. The Kier molecular flexibility index (Phi) is 10.3. The zero-order valence-electron chi connectivity index (χ0n) is 28.9. The zero-order chi connectivity index (χ0) is 37.9. The lowest BCUT2D eigenvalue weighted by atomic mass is 9.80. The Bertz CT molecular complexity index is 2140. The number of benzene rings is 4. The predicted octanol–water partition coefficient (Wildman–Crippen LogP) is 6.27. The molecule has 4 aromatic carbocycles. The topological polar surface area (TPSA) is 139 Å². The Hall–Kier alpha value is -5.87. The normalized spacial score (nSPS) is 18.8. The van der Waals surface area contributed by atoms with Gasteiger partial charge in [-0.3, -0.25) is 14.1 Å². The number of hydrogen-bond donors (Lipinski definition) is 2. The molecule has 0 aliphatic carbocycles. The molecule has 1 aliphatic heterocycles. The highest BCUT2D eigenvalue weighted by Gasteiger charge is 2.52. The second-order valence-electron chi connectivity index (χ2n) is 12.3. The maximum Gasteiger partial charge on any atom is 0.523 e. The Morgan fingerprint density at radius 1 is 0.815 bits per heavy atom. The lowest BCUT2D eigenvalue weighted by Gasteiger charge is -2.37. The van der Waals surface area contributed by atoms with E-state index in [-0.39, 0.29) is 17.0 Å². The number of methoxy groups -OCH3 is 2. The summed E-state index contributed by atoms with van der Waals surface area (Å²) in [7, 11) is 3.09. The average molecular weight is 742 g/mol. The lowest BCUT2D eigenvalue weighted by Crippen LogP contribution is -2.41. The molecule has 15 heteroatoms. The van der Waals surface area contributed by atoms with E-state index < -0.39 is 49.0 Å². The number of imidazole rings is 1. The second kappa shape index (κ2) is 15.2. The summed E-state index contributed by atoms with van der Waals surface area (Å²) in [5, 5.41) is 14.2. The fraction of sp³-hybridized carbons (Fsp3) is 0.231. The molecule has 1 unspecified atom stereocenters. The maximum absolute atomic E-state index is 13.9. The van der Waals surface area contributed by atoms with Crippen LogP contribution in [0.3, 0.4) is 0 Å². The van der Waals surface area contributed by atoms with Crippen molar-refractivity contribution in [1.29, 1.82) is 0 Å². The van der Waals surface area contributed by atoms with E-state index >= 15 is 0 Å². The number of aliphatic hydroxyl groups excluding tert-OH is 1. The molecule has 0 saturated carbocycles. The molecule has 3 heterocycles.